The van der Waals surface area contributed by atoms with E-state index in [1.54, 1.807) is 0 Å². The van der Waals surface area contributed by atoms with Crippen LogP contribution >= 0.6 is 34.5 Å². The van der Waals surface area contributed by atoms with E-state index in [1.807, 2.05) is 6.07 Å². The summed E-state index contributed by atoms with van der Waals surface area (Å²) in [6.07, 6.45) is 2.41. The molecule has 1 aromatic rings. The molecule has 1 saturated heterocycles. The molecule has 0 radical (unpaired) electrons. The Kier molecular flexibility index (Phi) is 4.95. The fourth-order valence-electron chi connectivity index (χ4n) is 2.83. The first-order valence-corrected chi connectivity index (χ1v) is 8.00. The van der Waals surface area contributed by atoms with Gasteiger partial charge >= 0.3 is 0 Å². The van der Waals surface area contributed by atoms with Crippen molar-refractivity contribution in [2.45, 2.75) is 38.8 Å². The highest BCUT2D eigenvalue weighted by atomic mass is 35.5. The minimum Gasteiger partial charge on any atom is -0.329 e. The van der Waals surface area contributed by atoms with Crippen molar-refractivity contribution < 1.29 is 0 Å². The maximum atomic E-state index is 6.25. The summed E-state index contributed by atoms with van der Waals surface area (Å²) in [6.45, 7) is 6.31. The molecule has 0 aromatic carbocycles. The van der Waals surface area contributed by atoms with Crippen molar-refractivity contribution in [3.05, 3.63) is 20.3 Å². The van der Waals surface area contributed by atoms with E-state index in [-0.39, 0.29) is 0 Å². The van der Waals surface area contributed by atoms with Crippen molar-refractivity contribution in [2.75, 3.05) is 13.1 Å². The van der Waals surface area contributed by atoms with E-state index in [9.17, 15) is 0 Å². The van der Waals surface area contributed by atoms with Crippen molar-refractivity contribution in [1.82, 2.24) is 4.90 Å². The Balaban J connectivity index is 2.17. The standard InChI is InChI=1S/C13H20Cl2N2S/c1-8-3-4-17(10(5-8)7-16)9(2)11-6-12(14)18-13(11)15/h6,8-10H,3-5,7,16H2,1-2H3. The lowest BCUT2D eigenvalue weighted by atomic mass is 9.90. The molecule has 0 aliphatic carbocycles. The van der Waals surface area contributed by atoms with Gasteiger partial charge in [-0.1, -0.05) is 30.1 Å². The summed E-state index contributed by atoms with van der Waals surface area (Å²) in [5.74, 6) is 0.767. The molecular formula is C13H20Cl2N2S. The van der Waals surface area contributed by atoms with Gasteiger partial charge in [0.1, 0.15) is 0 Å². The molecule has 1 aliphatic rings. The van der Waals surface area contributed by atoms with Gasteiger partial charge in [-0.25, -0.2) is 0 Å². The molecule has 1 aromatic heterocycles. The van der Waals surface area contributed by atoms with Crippen LogP contribution < -0.4 is 5.73 Å². The topological polar surface area (TPSA) is 29.3 Å². The molecule has 18 heavy (non-hydrogen) atoms. The normalized spacial score (nSPS) is 27.4. The van der Waals surface area contributed by atoms with E-state index in [0.717, 1.165) is 26.7 Å². The molecule has 3 atom stereocenters. The second kappa shape index (κ2) is 6.10. The summed E-state index contributed by atoms with van der Waals surface area (Å²) < 4.78 is 1.57. The van der Waals surface area contributed by atoms with Crippen molar-refractivity contribution >= 4 is 34.5 Å². The summed E-state index contributed by atoms with van der Waals surface area (Å²) >= 11 is 13.7. The quantitative estimate of drug-likeness (QED) is 0.908. The largest absolute Gasteiger partial charge is 0.329 e. The zero-order valence-corrected chi connectivity index (χ0v) is 13.2. The number of likely N-dealkylation sites (tertiary alicyclic amines) is 1. The van der Waals surface area contributed by atoms with Gasteiger partial charge in [-0.2, -0.15) is 0 Å². The van der Waals surface area contributed by atoms with E-state index in [4.69, 9.17) is 28.9 Å². The summed E-state index contributed by atoms with van der Waals surface area (Å²) in [7, 11) is 0. The van der Waals surface area contributed by atoms with Crippen LogP contribution in [0.1, 0.15) is 38.3 Å². The SMILES string of the molecule is CC1CCN(C(C)c2cc(Cl)sc2Cl)C(CN)C1. The molecule has 0 amide bonds. The van der Waals surface area contributed by atoms with Gasteiger partial charge in [0.25, 0.3) is 0 Å². The maximum Gasteiger partial charge on any atom is 0.0991 e. The third-order valence-corrected chi connectivity index (χ3v) is 5.44. The van der Waals surface area contributed by atoms with Gasteiger partial charge in [-0.05, 0) is 38.3 Å². The molecule has 2 N–H and O–H groups in total. The Morgan fingerprint density at radius 1 is 1.56 bits per heavy atom. The van der Waals surface area contributed by atoms with Crippen LogP contribution in [0.3, 0.4) is 0 Å². The summed E-state index contributed by atoms with van der Waals surface area (Å²) in [4.78, 5) is 2.48. The Bertz CT molecular complexity index is 408. The van der Waals surface area contributed by atoms with Crippen LogP contribution in [0.15, 0.2) is 6.07 Å². The lowest BCUT2D eigenvalue weighted by Gasteiger charge is -2.41. The zero-order valence-electron chi connectivity index (χ0n) is 10.8. The first-order chi connectivity index (χ1) is 8.52. The van der Waals surface area contributed by atoms with Crippen LogP contribution in [-0.4, -0.2) is 24.0 Å². The zero-order chi connectivity index (χ0) is 13.3. The number of hydrogen-bond acceptors (Lipinski definition) is 3. The third kappa shape index (κ3) is 3.02. The molecule has 1 fully saturated rings. The molecule has 2 rings (SSSR count). The van der Waals surface area contributed by atoms with Crippen LogP contribution in [0.2, 0.25) is 8.67 Å². The summed E-state index contributed by atoms with van der Waals surface area (Å²) in [6, 6.07) is 2.74. The number of piperidine rings is 1. The smallest absolute Gasteiger partial charge is 0.0991 e. The van der Waals surface area contributed by atoms with E-state index >= 15 is 0 Å². The third-order valence-electron chi connectivity index (χ3n) is 3.93. The molecule has 3 unspecified atom stereocenters. The van der Waals surface area contributed by atoms with Crippen LogP contribution in [0.4, 0.5) is 0 Å². The van der Waals surface area contributed by atoms with Gasteiger partial charge in [0, 0.05) is 24.2 Å². The monoisotopic (exact) mass is 306 g/mol. The maximum absolute atomic E-state index is 6.25. The Labute approximate surface area is 123 Å². The molecule has 0 spiro atoms. The average molecular weight is 307 g/mol. The summed E-state index contributed by atoms with van der Waals surface area (Å²) in [5.41, 5.74) is 7.06. The van der Waals surface area contributed by atoms with Crippen LogP contribution in [0.25, 0.3) is 0 Å². The van der Waals surface area contributed by atoms with Crippen LogP contribution in [-0.2, 0) is 0 Å². The van der Waals surface area contributed by atoms with E-state index < -0.39 is 0 Å². The van der Waals surface area contributed by atoms with Crippen molar-refractivity contribution in [3.63, 3.8) is 0 Å². The minimum atomic E-state index is 0.294. The predicted molar refractivity (Wildman–Crippen MR) is 80.7 cm³/mol. The first-order valence-electron chi connectivity index (χ1n) is 6.43. The number of rotatable bonds is 3. The highest BCUT2D eigenvalue weighted by Crippen LogP contribution is 2.39. The Morgan fingerprint density at radius 3 is 2.83 bits per heavy atom. The van der Waals surface area contributed by atoms with Gasteiger partial charge < -0.3 is 5.73 Å². The van der Waals surface area contributed by atoms with Gasteiger partial charge in [0.05, 0.1) is 8.67 Å². The van der Waals surface area contributed by atoms with Crippen molar-refractivity contribution in [3.8, 4) is 0 Å². The average Bonchev–Trinajstić information content (AvgIpc) is 2.67. The lowest BCUT2D eigenvalue weighted by Crippen LogP contribution is -2.47. The Hall–Kier alpha value is 0.200. The molecule has 102 valence electrons. The fourth-order valence-corrected chi connectivity index (χ4v) is 4.46. The molecule has 5 heteroatoms. The first kappa shape index (κ1) is 14.6. The summed E-state index contributed by atoms with van der Waals surface area (Å²) in [5, 5.41) is 0. The fraction of sp³-hybridized carbons (Fsp3) is 0.692. The van der Waals surface area contributed by atoms with Crippen LogP contribution in [0, 0.1) is 5.92 Å². The van der Waals surface area contributed by atoms with Crippen LogP contribution in [0.5, 0.6) is 0 Å². The van der Waals surface area contributed by atoms with E-state index in [2.05, 4.69) is 18.7 Å². The second-order valence-electron chi connectivity index (χ2n) is 5.21. The molecular weight excluding hydrogens is 287 g/mol. The molecule has 0 bridgehead atoms. The highest BCUT2D eigenvalue weighted by molar-refractivity contribution is 7.20. The molecule has 2 heterocycles. The number of thiophene rings is 1. The van der Waals surface area contributed by atoms with Gasteiger partial charge in [0.15, 0.2) is 0 Å². The predicted octanol–water partition coefficient (Wildman–Crippen LogP) is 4.18. The van der Waals surface area contributed by atoms with Crippen molar-refractivity contribution in [1.29, 1.82) is 0 Å². The number of nitrogens with zero attached hydrogens (tertiary/aromatic N) is 1. The van der Waals surface area contributed by atoms with Crippen molar-refractivity contribution in [2.24, 2.45) is 11.7 Å². The molecule has 0 saturated carbocycles. The molecule has 1 aliphatic heterocycles. The number of hydrogen-bond donors (Lipinski definition) is 1. The van der Waals surface area contributed by atoms with Gasteiger partial charge in [-0.15, -0.1) is 11.3 Å². The van der Waals surface area contributed by atoms with Gasteiger partial charge in [0.2, 0.25) is 0 Å². The highest BCUT2D eigenvalue weighted by Gasteiger charge is 2.30. The van der Waals surface area contributed by atoms with Gasteiger partial charge in [-0.3, -0.25) is 4.90 Å². The number of halogens is 2. The lowest BCUT2D eigenvalue weighted by molar-refractivity contribution is 0.0836. The van der Waals surface area contributed by atoms with E-state index in [1.165, 1.54) is 24.2 Å². The minimum absolute atomic E-state index is 0.294. The van der Waals surface area contributed by atoms with E-state index in [0.29, 0.717) is 18.6 Å². The Morgan fingerprint density at radius 2 is 2.28 bits per heavy atom. The molecule has 2 nitrogen and oxygen atoms in total. The number of nitrogens with two attached hydrogens (primary N) is 1. The second-order valence-corrected chi connectivity index (χ2v) is 7.50.